The van der Waals surface area contributed by atoms with Gasteiger partial charge in [0.2, 0.25) is 5.78 Å². The third-order valence-electron chi connectivity index (χ3n) is 11.4. The third-order valence-corrected chi connectivity index (χ3v) is 12.3. The average Bonchev–Trinajstić information content (AvgIpc) is 3.63. The van der Waals surface area contributed by atoms with Gasteiger partial charge in [-0.2, -0.15) is 0 Å². The summed E-state index contributed by atoms with van der Waals surface area (Å²) in [7, 11) is 5.82. The molecular formula is C39H45Cl2N7O4. The number of amides is 1. The molecule has 0 radical (unpaired) electrons. The molecule has 2 aromatic carbocycles. The molecular weight excluding hydrogens is 701 g/mol. The van der Waals surface area contributed by atoms with Gasteiger partial charge in [-0.25, -0.2) is 9.97 Å². The van der Waals surface area contributed by atoms with Gasteiger partial charge in [-0.3, -0.25) is 19.3 Å². The summed E-state index contributed by atoms with van der Waals surface area (Å²) in [4.78, 5) is 52.9. The lowest BCUT2D eigenvalue weighted by atomic mass is 9.71. The number of nitrogens with one attached hydrogen (secondary N) is 1. The quantitative estimate of drug-likeness (QED) is 0.188. The van der Waals surface area contributed by atoms with E-state index in [9.17, 15) is 19.5 Å². The number of imidazole rings is 2. The lowest BCUT2D eigenvalue weighted by molar-refractivity contribution is -0.150. The first kappa shape index (κ1) is 36.3. The number of rotatable bonds is 9. The Kier molecular flexibility index (Phi) is 10.1. The van der Waals surface area contributed by atoms with Crippen LogP contribution in [-0.4, -0.2) is 78.4 Å². The van der Waals surface area contributed by atoms with E-state index in [1.54, 1.807) is 6.07 Å². The first-order valence-corrected chi connectivity index (χ1v) is 18.7. The smallest absolute Gasteiger partial charge is 0.309 e. The van der Waals surface area contributed by atoms with Crippen LogP contribution in [0, 0.1) is 11.3 Å². The monoisotopic (exact) mass is 745 g/mol. The zero-order valence-electron chi connectivity index (χ0n) is 30.1. The van der Waals surface area contributed by atoms with Crippen molar-refractivity contribution in [3.8, 4) is 11.1 Å². The Hall–Kier alpha value is -4.03. The van der Waals surface area contributed by atoms with Crippen molar-refractivity contribution in [2.75, 3.05) is 32.0 Å². The van der Waals surface area contributed by atoms with Gasteiger partial charge in [-0.1, -0.05) is 53.5 Å². The van der Waals surface area contributed by atoms with Gasteiger partial charge in [0.25, 0.3) is 5.91 Å². The van der Waals surface area contributed by atoms with E-state index in [0.717, 1.165) is 74.6 Å². The van der Waals surface area contributed by atoms with Crippen molar-refractivity contribution < 1.29 is 19.5 Å². The number of carbonyl (C=O) groups excluding carboxylic acids is 2. The standard InChI is InChI=1S/C39H45Cl2N7O4/c1-39(38(51)52)15-11-23(12-16-39)20-48-18-14-31-29(22-48)43-36(47(31)4)37(50)44-27-10-6-9-26(34(27)41)25-8-5-7-24(33(25)40)19-32(49)35-42-28-21-45(2)17-13-30(28)46(35)3/h5-10,23H,11-22H2,1-4H3,(H,44,50)(H,51,52). The molecule has 13 heteroatoms. The third kappa shape index (κ3) is 6.91. The van der Waals surface area contributed by atoms with Crippen molar-refractivity contribution in [3.63, 3.8) is 0 Å². The van der Waals surface area contributed by atoms with E-state index < -0.39 is 11.4 Å². The van der Waals surface area contributed by atoms with Crippen LogP contribution in [0.4, 0.5) is 5.69 Å². The molecule has 0 saturated heterocycles. The topological polar surface area (TPSA) is 126 Å². The van der Waals surface area contributed by atoms with Gasteiger partial charge in [-0.15, -0.1) is 0 Å². The highest BCUT2D eigenvalue weighted by molar-refractivity contribution is 6.39. The van der Waals surface area contributed by atoms with Crippen molar-refractivity contribution in [2.45, 2.75) is 65.0 Å². The molecule has 0 unspecified atom stereocenters. The normalized spacial score (nSPS) is 20.7. The molecule has 4 heterocycles. The number of nitrogens with zero attached hydrogens (tertiary/aromatic N) is 6. The van der Waals surface area contributed by atoms with E-state index >= 15 is 0 Å². The number of anilines is 1. The van der Waals surface area contributed by atoms with Gasteiger partial charge in [0.15, 0.2) is 11.6 Å². The van der Waals surface area contributed by atoms with Crippen LogP contribution in [0.1, 0.15) is 82.2 Å². The first-order valence-electron chi connectivity index (χ1n) is 18.0. The molecule has 2 aromatic heterocycles. The van der Waals surface area contributed by atoms with Gasteiger partial charge in [0.05, 0.1) is 32.5 Å². The molecule has 274 valence electrons. The minimum absolute atomic E-state index is 0.0896. The summed E-state index contributed by atoms with van der Waals surface area (Å²) < 4.78 is 3.78. The van der Waals surface area contributed by atoms with Gasteiger partial charge in [0.1, 0.15) is 0 Å². The Labute approximate surface area is 313 Å². The molecule has 7 rings (SSSR count). The van der Waals surface area contributed by atoms with Gasteiger partial charge >= 0.3 is 5.97 Å². The van der Waals surface area contributed by atoms with Gasteiger partial charge < -0.3 is 24.5 Å². The number of aromatic nitrogens is 4. The van der Waals surface area contributed by atoms with Crippen LogP contribution in [-0.2, 0) is 51.2 Å². The Morgan fingerprint density at radius 1 is 0.865 bits per heavy atom. The van der Waals surface area contributed by atoms with Gasteiger partial charge in [-0.05, 0) is 57.2 Å². The minimum atomic E-state index is -0.699. The van der Waals surface area contributed by atoms with Crippen LogP contribution in [0.25, 0.3) is 11.1 Å². The number of Topliss-reactive ketones (excluding diaryl/α,β-unsaturated/α-hetero) is 1. The zero-order chi connectivity index (χ0) is 36.9. The second-order valence-electron chi connectivity index (χ2n) is 15.1. The second kappa shape index (κ2) is 14.4. The predicted molar refractivity (Wildman–Crippen MR) is 201 cm³/mol. The summed E-state index contributed by atoms with van der Waals surface area (Å²) in [5, 5.41) is 13.3. The van der Waals surface area contributed by atoms with Crippen molar-refractivity contribution in [1.82, 2.24) is 28.9 Å². The maximum Gasteiger partial charge on any atom is 0.309 e. The first-order chi connectivity index (χ1) is 24.8. The van der Waals surface area contributed by atoms with Crippen LogP contribution in [0.15, 0.2) is 36.4 Å². The molecule has 2 aliphatic heterocycles. The van der Waals surface area contributed by atoms with E-state index in [2.05, 4.69) is 22.2 Å². The lowest BCUT2D eigenvalue weighted by Gasteiger charge is -2.37. The van der Waals surface area contributed by atoms with Crippen molar-refractivity contribution in [2.24, 2.45) is 25.4 Å². The van der Waals surface area contributed by atoms with Crippen molar-refractivity contribution in [3.05, 3.63) is 86.4 Å². The second-order valence-corrected chi connectivity index (χ2v) is 15.8. The zero-order valence-corrected chi connectivity index (χ0v) is 31.6. The van der Waals surface area contributed by atoms with Crippen molar-refractivity contribution in [1.29, 1.82) is 0 Å². The number of fused-ring (bicyclic) bond motifs is 2. The SMILES string of the molecule is CN1CCc2c(nc(C(=O)Cc3cccc(-c4cccc(NC(=O)c5nc6c(n5C)CCN(CC5CCC(C)(C(=O)O)CC5)C6)c4Cl)c3Cl)n2C)C1. The van der Waals surface area contributed by atoms with E-state index in [0.29, 0.717) is 69.4 Å². The average molecular weight is 747 g/mol. The van der Waals surface area contributed by atoms with Crippen LogP contribution < -0.4 is 5.32 Å². The maximum atomic E-state index is 13.7. The number of benzene rings is 2. The van der Waals surface area contributed by atoms with Crippen LogP contribution in [0.2, 0.25) is 10.0 Å². The molecule has 4 aromatic rings. The molecule has 1 aliphatic carbocycles. The fraction of sp³-hybridized carbons (Fsp3) is 0.462. The Morgan fingerprint density at radius 3 is 2.19 bits per heavy atom. The Bertz CT molecular complexity index is 2060. The minimum Gasteiger partial charge on any atom is -0.481 e. The summed E-state index contributed by atoms with van der Waals surface area (Å²) in [6.45, 7) is 5.91. The molecule has 1 amide bonds. The highest BCUT2D eigenvalue weighted by Crippen LogP contribution is 2.41. The largest absolute Gasteiger partial charge is 0.481 e. The van der Waals surface area contributed by atoms with E-state index in [4.69, 9.17) is 33.2 Å². The fourth-order valence-electron chi connectivity index (χ4n) is 8.12. The van der Waals surface area contributed by atoms with Crippen LogP contribution >= 0.6 is 23.2 Å². The molecule has 0 atom stereocenters. The summed E-state index contributed by atoms with van der Waals surface area (Å²) in [6, 6.07) is 11.0. The van der Waals surface area contributed by atoms with E-state index in [1.165, 1.54) is 0 Å². The summed E-state index contributed by atoms with van der Waals surface area (Å²) in [5.41, 5.74) is 5.75. The van der Waals surface area contributed by atoms with Gasteiger partial charge in [0, 0.05) is 88.6 Å². The Morgan fingerprint density at radius 2 is 1.48 bits per heavy atom. The van der Waals surface area contributed by atoms with Crippen LogP contribution in [0.3, 0.4) is 0 Å². The number of likely N-dealkylation sites (N-methyl/N-ethyl adjacent to an activating group) is 1. The number of carbonyl (C=O) groups is 3. The van der Waals surface area contributed by atoms with Crippen molar-refractivity contribution >= 4 is 46.5 Å². The molecule has 2 N–H and O–H groups in total. The molecule has 52 heavy (non-hydrogen) atoms. The summed E-state index contributed by atoms with van der Waals surface area (Å²) in [5.74, 6) is 0.0287. The van der Waals surface area contributed by atoms with Crippen LogP contribution in [0.5, 0.6) is 0 Å². The number of aliphatic carboxylic acids is 1. The number of hydrogen-bond acceptors (Lipinski definition) is 7. The Balaban J connectivity index is 1.04. The number of halogens is 2. The number of carboxylic acid groups (broad SMARTS) is 1. The maximum absolute atomic E-state index is 13.7. The summed E-state index contributed by atoms with van der Waals surface area (Å²) in [6.07, 6.45) is 4.93. The lowest BCUT2D eigenvalue weighted by Crippen LogP contribution is -2.39. The molecule has 3 aliphatic rings. The fourth-order valence-corrected chi connectivity index (χ4v) is 8.69. The number of carboxylic acids is 1. The van der Waals surface area contributed by atoms with E-state index in [1.807, 2.05) is 60.5 Å². The summed E-state index contributed by atoms with van der Waals surface area (Å²) >= 11 is 13.9. The molecule has 0 bridgehead atoms. The highest BCUT2D eigenvalue weighted by Gasteiger charge is 2.38. The predicted octanol–water partition coefficient (Wildman–Crippen LogP) is 6.43. The highest BCUT2D eigenvalue weighted by atomic mass is 35.5. The number of ketones is 1. The number of hydrogen-bond donors (Lipinski definition) is 2. The molecule has 1 fully saturated rings. The molecule has 1 saturated carbocycles. The van der Waals surface area contributed by atoms with E-state index in [-0.39, 0.29) is 18.1 Å². The molecule has 0 spiro atoms. The molecule has 11 nitrogen and oxygen atoms in total.